The minimum Gasteiger partial charge on any atom is -0.481 e. The van der Waals surface area contributed by atoms with Crippen molar-refractivity contribution in [3.8, 4) is 0 Å². The van der Waals surface area contributed by atoms with Gasteiger partial charge >= 0.3 is 5.97 Å². The molecule has 1 aromatic heterocycles. The van der Waals surface area contributed by atoms with Gasteiger partial charge in [-0.05, 0) is 44.5 Å². The molecule has 0 amide bonds. The average Bonchev–Trinajstić information content (AvgIpc) is 2.31. The Balaban J connectivity index is 2.70. The van der Waals surface area contributed by atoms with Gasteiger partial charge in [-0.3, -0.25) is 14.7 Å². The predicted molar refractivity (Wildman–Crippen MR) is 77.4 cm³/mol. The molecule has 0 fully saturated rings. The number of aromatic nitrogens is 1. The van der Waals surface area contributed by atoms with E-state index in [-0.39, 0.29) is 5.92 Å². The van der Waals surface area contributed by atoms with Gasteiger partial charge in [0.2, 0.25) is 0 Å². The topological polar surface area (TPSA) is 53.4 Å². The van der Waals surface area contributed by atoms with Crippen molar-refractivity contribution in [2.24, 2.45) is 5.92 Å². The van der Waals surface area contributed by atoms with Gasteiger partial charge in [0.15, 0.2) is 0 Å². The van der Waals surface area contributed by atoms with Crippen molar-refractivity contribution < 1.29 is 9.90 Å². The molecule has 1 atom stereocenters. The van der Waals surface area contributed by atoms with Crippen LogP contribution in [0.15, 0.2) is 21.2 Å². The van der Waals surface area contributed by atoms with E-state index in [1.165, 1.54) is 0 Å². The number of carboxylic acids is 1. The van der Waals surface area contributed by atoms with Crippen LogP contribution >= 0.6 is 31.9 Å². The number of aliphatic carboxylic acids is 1. The summed E-state index contributed by atoms with van der Waals surface area (Å²) in [6, 6.07) is 1.94. The molecule has 1 aromatic rings. The van der Waals surface area contributed by atoms with E-state index in [9.17, 15) is 4.79 Å². The Hall–Kier alpha value is -0.460. The number of carboxylic acid groups (broad SMARTS) is 1. The lowest BCUT2D eigenvalue weighted by Crippen LogP contribution is -2.31. The number of pyridine rings is 1. The third-order valence-corrected chi connectivity index (χ3v) is 3.78. The van der Waals surface area contributed by atoms with Gasteiger partial charge < -0.3 is 5.11 Å². The van der Waals surface area contributed by atoms with Gasteiger partial charge in [0, 0.05) is 28.2 Å². The first-order valence-electron chi connectivity index (χ1n) is 5.69. The fourth-order valence-corrected chi connectivity index (χ4v) is 2.65. The molecule has 100 valence electrons. The van der Waals surface area contributed by atoms with E-state index in [1.807, 2.05) is 13.0 Å². The molecule has 0 aliphatic rings. The van der Waals surface area contributed by atoms with Crippen molar-refractivity contribution in [3.05, 3.63) is 26.9 Å². The summed E-state index contributed by atoms with van der Waals surface area (Å²) in [7, 11) is 0. The normalized spacial score (nSPS) is 12.7. The van der Waals surface area contributed by atoms with Crippen LogP contribution in [0.25, 0.3) is 0 Å². The summed E-state index contributed by atoms with van der Waals surface area (Å²) in [5.41, 5.74) is 0.914. The zero-order valence-corrected chi connectivity index (χ0v) is 13.5. The SMILES string of the molecule is CCN(Cc1ncc(Br)cc1Br)CC(C)C(=O)O. The van der Waals surface area contributed by atoms with Gasteiger partial charge in [0.25, 0.3) is 0 Å². The van der Waals surface area contributed by atoms with Gasteiger partial charge in [-0.25, -0.2) is 0 Å². The van der Waals surface area contributed by atoms with Crippen molar-refractivity contribution in [3.63, 3.8) is 0 Å². The molecule has 1 heterocycles. The van der Waals surface area contributed by atoms with Crippen molar-refractivity contribution >= 4 is 37.8 Å². The Morgan fingerprint density at radius 2 is 2.22 bits per heavy atom. The second-order valence-corrected chi connectivity index (χ2v) is 5.92. The van der Waals surface area contributed by atoms with Crippen molar-refractivity contribution in [1.82, 2.24) is 9.88 Å². The minimum atomic E-state index is -0.767. The molecular formula is C12H16Br2N2O2. The molecule has 0 aliphatic carbocycles. The van der Waals surface area contributed by atoms with Crippen LogP contribution in [-0.4, -0.2) is 34.0 Å². The number of nitrogens with zero attached hydrogens (tertiary/aromatic N) is 2. The Labute approximate surface area is 124 Å². The summed E-state index contributed by atoms with van der Waals surface area (Å²) in [6.45, 7) is 5.69. The van der Waals surface area contributed by atoms with Crippen molar-refractivity contribution in [2.45, 2.75) is 20.4 Å². The highest BCUT2D eigenvalue weighted by molar-refractivity contribution is 9.11. The van der Waals surface area contributed by atoms with Crippen molar-refractivity contribution in [2.75, 3.05) is 13.1 Å². The van der Waals surface area contributed by atoms with Crippen LogP contribution in [0.2, 0.25) is 0 Å². The van der Waals surface area contributed by atoms with E-state index < -0.39 is 5.97 Å². The third kappa shape index (κ3) is 4.66. The summed E-state index contributed by atoms with van der Waals surface area (Å²) < 4.78 is 1.85. The average molecular weight is 380 g/mol. The minimum absolute atomic E-state index is 0.376. The highest BCUT2D eigenvalue weighted by Crippen LogP contribution is 2.21. The lowest BCUT2D eigenvalue weighted by atomic mass is 10.1. The van der Waals surface area contributed by atoms with Gasteiger partial charge in [-0.15, -0.1) is 0 Å². The monoisotopic (exact) mass is 378 g/mol. The maximum atomic E-state index is 10.9. The number of carbonyl (C=O) groups is 1. The van der Waals surface area contributed by atoms with Crippen LogP contribution in [0.4, 0.5) is 0 Å². The first-order chi connectivity index (χ1) is 8.43. The Morgan fingerprint density at radius 3 is 2.72 bits per heavy atom. The molecule has 1 N–H and O–H groups in total. The molecule has 0 radical (unpaired) electrons. The molecule has 1 rings (SSSR count). The second-order valence-electron chi connectivity index (χ2n) is 4.15. The number of halogens is 2. The molecule has 0 saturated heterocycles. The first kappa shape index (κ1) is 15.6. The van der Waals surface area contributed by atoms with Crippen LogP contribution in [0.5, 0.6) is 0 Å². The van der Waals surface area contributed by atoms with E-state index in [0.717, 1.165) is 21.2 Å². The quantitative estimate of drug-likeness (QED) is 0.824. The first-order valence-corrected chi connectivity index (χ1v) is 7.27. The summed E-state index contributed by atoms with van der Waals surface area (Å²) in [5.74, 6) is -1.14. The molecule has 1 unspecified atom stereocenters. The van der Waals surface area contributed by atoms with Crippen LogP contribution < -0.4 is 0 Å². The fraction of sp³-hybridized carbons (Fsp3) is 0.500. The van der Waals surface area contributed by atoms with Crippen molar-refractivity contribution in [1.29, 1.82) is 0 Å². The predicted octanol–water partition coefficient (Wildman–Crippen LogP) is 3.15. The molecule has 6 heteroatoms. The Kier molecular flexibility index (Phi) is 6.25. The summed E-state index contributed by atoms with van der Waals surface area (Å²) in [6.07, 6.45) is 1.74. The molecule has 0 bridgehead atoms. The zero-order chi connectivity index (χ0) is 13.7. The van der Waals surface area contributed by atoms with Gasteiger partial charge in [0.1, 0.15) is 0 Å². The lowest BCUT2D eigenvalue weighted by molar-refractivity contribution is -0.141. The Morgan fingerprint density at radius 1 is 1.56 bits per heavy atom. The number of hydrogen-bond donors (Lipinski definition) is 1. The van der Waals surface area contributed by atoms with Crippen LogP contribution in [0.1, 0.15) is 19.5 Å². The van der Waals surface area contributed by atoms with E-state index in [4.69, 9.17) is 5.11 Å². The number of hydrogen-bond acceptors (Lipinski definition) is 3. The summed E-state index contributed by atoms with van der Waals surface area (Å²) >= 11 is 6.82. The fourth-order valence-electron chi connectivity index (χ4n) is 1.54. The molecule has 18 heavy (non-hydrogen) atoms. The third-order valence-electron chi connectivity index (χ3n) is 2.66. The highest BCUT2D eigenvalue weighted by atomic mass is 79.9. The van der Waals surface area contributed by atoms with Gasteiger partial charge in [-0.1, -0.05) is 13.8 Å². The standard InChI is InChI=1S/C12H16Br2N2O2/c1-3-16(6-8(2)12(17)18)7-11-10(14)4-9(13)5-15-11/h4-5,8H,3,6-7H2,1-2H3,(H,17,18). The van der Waals surface area contributed by atoms with Crippen LogP contribution in [0, 0.1) is 5.92 Å². The van der Waals surface area contributed by atoms with Crippen LogP contribution in [0.3, 0.4) is 0 Å². The van der Waals surface area contributed by atoms with Gasteiger partial charge in [-0.2, -0.15) is 0 Å². The summed E-state index contributed by atoms with van der Waals surface area (Å²) in [4.78, 5) is 17.3. The maximum absolute atomic E-state index is 10.9. The van der Waals surface area contributed by atoms with Gasteiger partial charge in [0.05, 0.1) is 11.6 Å². The summed E-state index contributed by atoms with van der Waals surface area (Å²) in [5, 5.41) is 8.93. The Bertz CT molecular complexity index is 427. The largest absolute Gasteiger partial charge is 0.481 e. The molecule has 4 nitrogen and oxygen atoms in total. The number of rotatable bonds is 6. The van der Waals surface area contributed by atoms with E-state index >= 15 is 0 Å². The second kappa shape index (κ2) is 7.21. The van der Waals surface area contributed by atoms with E-state index in [0.29, 0.717) is 13.1 Å². The van der Waals surface area contributed by atoms with E-state index in [2.05, 4.69) is 41.7 Å². The lowest BCUT2D eigenvalue weighted by Gasteiger charge is -2.22. The zero-order valence-electron chi connectivity index (χ0n) is 10.4. The molecule has 0 spiro atoms. The highest BCUT2D eigenvalue weighted by Gasteiger charge is 2.16. The smallest absolute Gasteiger partial charge is 0.307 e. The van der Waals surface area contributed by atoms with E-state index in [1.54, 1.807) is 13.1 Å². The molecular weight excluding hydrogens is 364 g/mol. The molecule has 0 aliphatic heterocycles. The van der Waals surface area contributed by atoms with Crippen LogP contribution in [-0.2, 0) is 11.3 Å². The molecule has 0 aromatic carbocycles. The molecule has 0 saturated carbocycles. The maximum Gasteiger partial charge on any atom is 0.307 e.